The summed E-state index contributed by atoms with van der Waals surface area (Å²) in [5.41, 5.74) is 3.15. The second-order valence-corrected chi connectivity index (χ2v) is 10.1. The SMILES string of the molecule is COCCCN(CC(=O)Nc1cc(C(C)(C)C)nn1-c1ccc(C)cc1)C(=O)Nc1cccc(Cl)c1. The molecule has 0 unspecified atom stereocenters. The van der Waals surface area contributed by atoms with Gasteiger partial charge in [-0.1, -0.05) is 56.1 Å². The molecule has 0 saturated carbocycles. The smallest absolute Gasteiger partial charge is 0.322 e. The lowest BCUT2D eigenvalue weighted by molar-refractivity contribution is -0.116. The molecule has 0 saturated heterocycles. The third-order valence-electron chi connectivity index (χ3n) is 5.50. The molecule has 0 aliphatic heterocycles. The maximum atomic E-state index is 13.1. The molecular formula is C27H34ClN5O3. The highest BCUT2D eigenvalue weighted by molar-refractivity contribution is 6.30. The number of nitrogens with one attached hydrogen (secondary N) is 2. The van der Waals surface area contributed by atoms with Crippen LogP contribution < -0.4 is 10.6 Å². The molecule has 2 N–H and O–H groups in total. The molecule has 3 aromatic rings. The van der Waals surface area contributed by atoms with Gasteiger partial charge in [0.15, 0.2) is 0 Å². The third-order valence-corrected chi connectivity index (χ3v) is 5.73. The maximum absolute atomic E-state index is 13.1. The minimum absolute atomic E-state index is 0.139. The first-order chi connectivity index (χ1) is 17.1. The second-order valence-electron chi connectivity index (χ2n) is 9.67. The highest BCUT2D eigenvalue weighted by Crippen LogP contribution is 2.26. The van der Waals surface area contributed by atoms with E-state index in [1.165, 1.54) is 4.90 Å². The number of halogens is 1. The summed E-state index contributed by atoms with van der Waals surface area (Å²) in [5, 5.41) is 11.0. The van der Waals surface area contributed by atoms with Gasteiger partial charge in [0.25, 0.3) is 0 Å². The number of urea groups is 1. The first-order valence-electron chi connectivity index (χ1n) is 11.8. The van der Waals surface area contributed by atoms with Gasteiger partial charge >= 0.3 is 6.03 Å². The van der Waals surface area contributed by atoms with Gasteiger partial charge in [-0.15, -0.1) is 0 Å². The molecule has 3 rings (SSSR count). The summed E-state index contributed by atoms with van der Waals surface area (Å²) < 4.78 is 6.85. The van der Waals surface area contributed by atoms with Gasteiger partial charge in [0.2, 0.25) is 5.91 Å². The summed E-state index contributed by atoms with van der Waals surface area (Å²) in [6.45, 7) is 8.90. The third kappa shape index (κ3) is 7.57. The van der Waals surface area contributed by atoms with Crippen molar-refractivity contribution in [2.24, 2.45) is 0 Å². The molecule has 9 heteroatoms. The molecule has 0 spiro atoms. The van der Waals surface area contributed by atoms with Crippen LogP contribution >= 0.6 is 11.6 Å². The van der Waals surface area contributed by atoms with E-state index in [1.54, 1.807) is 36.1 Å². The molecule has 3 amide bonds. The Labute approximate surface area is 217 Å². The molecule has 0 aliphatic carbocycles. The van der Waals surface area contributed by atoms with E-state index < -0.39 is 6.03 Å². The number of hydrogen-bond acceptors (Lipinski definition) is 4. The van der Waals surface area contributed by atoms with E-state index in [1.807, 2.05) is 37.3 Å². The second kappa shape index (κ2) is 12.1. The monoisotopic (exact) mass is 511 g/mol. The number of aryl methyl sites for hydroxylation is 1. The summed E-state index contributed by atoms with van der Waals surface area (Å²) in [6, 6.07) is 16.3. The van der Waals surface area contributed by atoms with Crippen molar-refractivity contribution in [1.29, 1.82) is 0 Å². The van der Waals surface area contributed by atoms with E-state index in [9.17, 15) is 9.59 Å². The summed E-state index contributed by atoms with van der Waals surface area (Å²) >= 11 is 6.04. The highest BCUT2D eigenvalue weighted by atomic mass is 35.5. The van der Waals surface area contributed by atoms with Crippen molar-refractivity contribution in [3.05, 3.63) is 70.9 Å². The van der Waals surface area contributed by atoms with Gasteiger partial charge in [-0.2, -0.15) is 5.10 Å². The van der Waals surface area contributed by atoms with E-state index >= 15 is 0 Å². The zero-order valence-electron chi connectivity index (χ0n) is 21.5. The predicted molar refractivity (Wildman–Crippen MR) is 144 cm³/mol. The number of methoxy groups -OCH3 is 1. The van der Waals surface area contributed by atoms with Gasteiger partial charge in [-0.3, -0.25) is 4.79 Å². The van der Waals surface area contributed by atoms with Crippen molar-refractivity contribution in [1.82, 2.24) is 14.7 Å². The average molecular weight is 512 g/mol. The molecule has 1 aromatic heterocycles. The Bertz CT molecular complexity index is 1180. The Kier molecular flexibility index (Phi) is 9.12. The summed E-state index contributed by atoms with van der Waals surface area (Å²) in [5.74, 6) is 0.211. The normalized spacial score (nSPS) is 11.3. The summed E-state index contributed by atoms with van der Waals surface area (Å²) in [6.07, 6.45) is 0.586. The fourth-order valence-electron chi connectivity index (χ4n) is 3.50. The molecule has 1 heterocycles. The fourth-order valence-corrected chi connectivity index (χ4v) is 3.69. The molecule has 0 atom stereocenters. The van der Waals surface area contributed by atoms with Crippen molar-refractivity contribution in [2.45, 2.75) is 39.5 Å². The number of hydrogen-bond donors (Lipinski definition) is 2. The van der Waals surface area contributed by atoms with Crippen molar-refractivity contribution in [3.8, 4) is 5.69 Å². The van der Waals surface area contributed by atoms with E-state index in [-0.39, 0.29) is 17.9 Å². The lowest BCUT2D eigenvalue weighted by Crippen LogP contribution is -2.41. The number of ether oxygens (including phenoxy) is 1. The number of amides is 3. The van der Waals surface area contributed by atoms with E-state index in [0.717, 1.165) is 16.9 Å². The van der Waals surface area contributed by atoms with Gasteiger partial charge in [0, 0.05) is 42.5 Å². The van der Waals surface area contributed by atoms with Gasteiger partial charge in [0.1, 0.15) is 12.4 Å². The first kappa shape index (κ1) is 27.2. The summed E-state index contributed by atoms with van der Waals surface area (Å²) in [4.78, 5) is 27.6. The minimum atomic E-state index is -0.397. The molecular weight excluding hydrogens is 478 g/mol. The van der Waals surface area contributed by atoms with Crippen LogP contribution in [0, 0.1) is 6.92 Å². The van der Waals surface area contributed by atoms with Crippen molar-refractivity contribution in [2.75, 3.05) is 37.4 Å². The lowest BCUT2D eigenvalue weighted by Gasteiger charge is -2.22. The molecule has 0 bridgehead atoms. The minimum Gasteiger partial charge on any atom is -0.385 e. The van der Waals surface area contributed by atoms with Crippen LogP contribution in [-0.4, -0.2) is 53.4 Å². The van der Waals surface area contributed by atoms with Gasteiger partial charge in [-0.25, -0.2) is 9.48 Å². The average Bonchev–Trinajstić information content (AvgIpc) is 3.23. The Morgan fingerprint density at radius 1 is 1.08 bits per heavy atom. The molecule has 0 fully saturated rings. The van der Waals surface area contributed by atoms with Crippen LogP contribution in [0.2, 0.25) is 5.02 Å². The number of carbonyl (C=O) groups excluding carboxylic acids is 2. The van der Waals surface area contributed by atoms with Crippen LogP contribution in [0.25, 0.3) is 5.69 Å². The Morgan fingerprint density at radius 2 is 1.81 bits per heavy atom. The van der Waals surface area contributed by atoms with Gasteiger partial charge < -0.3 is 20.3 Å². The molecule has 0 radical (unpaired) electrons. The van der Waals surface area contributed by atoms with Gasteiger partial charge in [0.05, 0.1) is 11.4 Å². The molecule has 192 valence electrons. The Hall–Kier alpha value is -3.36. The number of carbonyl (C=O) groups is 2. The van der Waals surface area contributed by atoms with Crippen molar-refractivity contribution >= 4 is 35.0 Å². The van der Waals surface area contributed by atoms with E-state index in [4.69, 9.17) is 21.4 Å². The summed E-state index contributed by atoms with van der Waals surface area (Å²) in [7, 11) is 1.60. The predicted octanol–water partition coefficient (Wildman–Crippen LogP) is 5.64. The zero-order valence-corrected chi connectivity index (χ0v) is 22.2. The standard InChI is InChI=1S/C27H34ClN5O3/c1-19-10-12-22(13-11-19)33-24(17-23(31-33)27(2,3)4)30-25(34)18-32(14-7-15-36-5)26(35)29-21-9-6-8-20(28)16-21/h6,8-13,16-17H,7,14-15,18H2,1-5H3,(H,29,35)(H,30,34). The number of anilines is 2. The lowest BCUT2D eigenvalue weighted by atomic mass is 9.92. The molecule has 36 heavy (non-hydrogen) atoms. The van der Waals surface area contributed by atoms with Crippen LogP contribution in [0.5, 0.6) is 0 Å². The molecule has 0 aliphatic rings. The van der Waals surface area contributed by atoms with E-state index in [0.29, 0.717) is 36.1 Å². The fraction of sp³-hybridized carbons (Fsp3) is 0.370. The van der Waals surface area contributed by atoms with Crippen LogP contribution in [0.1, 0.15) is 38.4 Å². The quantitative estimate of drug-likeness (QED) is 0.364. The van der Waals surface area contributed by atoms with Crippen LogP contribution in [0.4, 0.5) is 16.3 Å². The van der Waals surface area contributed by atoms with Crippen molar-refractivity contribution in [3.63, 3.8) is 0 Å². The van der Waals surface area contributed by atoms with E-state index in [2.05, 4.69) is 31.4 Å². The zero-order chi connectivity index (χ0) is 26.3. The largest absolute Gasteiger partial charge is 0.385 e. The van der Waals surface area contributed by atoms with Crippen molar-refractivity contribution < 1.29 is 14.3 Å². The van der Waals surface area contributed by atoms with Crippen LogP contribution in [-0.2, 0) is 14.9 Å². The number of nitrogens with zero attached hydrogens (tertiary/aromatic N) is 3. The first-order valence-corrected chi connectivity index (χ1v) is 12.2. The highest BCUT2D eigenvalue weighted by Gasteiger charge is 2.23. The van der Waals surface area contributed by atoms with Crippen LogP contribution in [0.3, 0.4) is 0 Å². The Morgan fingerprint density at radius 3 is 2.44 bits per heavy atom. The topological polar surface area (TPSA) is 88.5 Å². The maximum Gasteiger partial charge on any atom is 0.322 e. The number of benzene rings is 2. The Balaban J connectivity index is 1.80. The molecule has 2 aromatic carbocycles. The molecule has 8 nitrogen and oxygen atoms in total. The van der Waals surface area contributed by atoms with Crippen LogP contribution in [0.15, 0.2) is 54.6 Å². The number of aromatic nitrogens is 2. The number of rotatable bonds is 9. The van der Waals surface area contributed by atoms with Gasteiger partial charge in [-0.05, 0) is 43.7 Å².